The monoisotopic (exact) mass is 287 g/mol. The van der Waals surface area contributed by atoms with E-state index in [1.165, 1.54) is 70.8 Å². The Bertz CT molecular complexity index is 417. The Kier molecular flexibility index (Phi) is 4.81. The summed E-state index contributed by atoms with van der Waals surface area (Å²) in [6.07, 6.45) is 4.05. The molecule has 0 spiro atoms. The van der Waals surface area contributed by atoms with Crippen LogP contribution in [-0.2, 0) is 0 Å². The SMILES string of the molecule is CCCC1(CN2CCN(c3ccccc3)CC2)CCNC1. The van der Waals surface area contributed by atoms with Crippen LogP contribution in [-0.4, -0.2) is 50.7 Å². The fourth-order valence-electron chi connectivity index (χ4n) is 4.03. The van der Waals surface area contributed by atoms with Crippen molar-refractivity contribution in [1.82, 2.24) is 10.2 Å². The quantitative estimate of drug-likeness (QED) is 0.898. The Morgan fingerprint density at radius 3 is 2.48 bits per heavy atom. The van der Waals surface area contributed by atoms with Crippen molar-refractivity contribution in [1.29, 1.82) is 0 Å². The summed E-state index contributed by atoms with van der Waals surface area (Å²) in [4.78, 5) is 5.22. The molecule has 1 aromatic rings. The topological polar surface area (TPSA) is 18.5 Å². The standard InChI is InChI=1S/C18H29N3/c1-2-8-18(9-10-19-15-18)16-20-11-13-21(14-12-20)17-6-4-3-5-7-17/h3-7,19H,2,8-16H2,1H3. The fraction of sp³-hybridized carbons (Fsp3) is 0.667. The second-order valence-electron chi connectivity index (χ2n) is 6.78. The molecular weight excluding hydrogens is 258 g/mol. The molecule has 2 saturated heterocycles. The molecule has 2 aliphatic rings. The molecule has 1 aromatic carbocycles. The zero-order valence-electron chi connectivity index (χ0n) is 13.4. The number of hydrogen-bond donors (Lipinski definition) is 1. The first-order valence-electron chi connectivity index (χ1n) is 8.54. The second kappa shape index (κ2) is 6.80. The van der Waals surface area contributed by atoms with Gasteiger partial charge in [0.05, 0.1) is 0 Å². The molecule has 1 unspecified atom stereocenters. The smallest absolute Gasteiger partial charge is 0.0367 e. The van der Waals surface area contributed by atoms with Gasteiger partial charge in [-0.25, -0.2) is 0 Å². The van der Waals surface area contributed by atoms with E-state index in [0.29, 0.717) is 5.41 Å². The highest BCUT2D eigenvalue weighted by atomic mass is 15.3. The van der Waals surface area contributed by atoms with Crippen molar-refractivity contribution in [2.24, 2.45) is 5.41 Å². The number of benzene rings is 1. The van der Waals surface area contributed by atoms with Gasteiger partial charge in [-0.1, -0.05) is 31.5 Å². The molecule has 3 nitrogen and oxygen atoms in total. The van der Waals surface area contributed by atoms with Gasteiger partial charge in [0.25, 0.3) is 0 Å². The summed E-state index contributed by atoms with van der Waals surface area (Å²) in [6.45, 7) is 10.8. The molecule has 1 N–H and O–H groups in total. The van der Waals surface area contributed by atoms with E-state index in [0.717, 1.165) is 0 Å². The average molecular weight is 287 g/mol. The number of piperazine rings is 1. The van der Waals surface area contributed by atoms with E-state index in [4.69, 9.17) is 0 Å². The molecule has 2 heterocycles. The lowest BCUT2D eigenvalue weighted by Crippen LogP contribution is -2.50. The highest BCUT2D eigenvalue weighted by Crippen LogP contribution is 2.32. The van der Waals surface area contributed by atoms with E-state index in [1.54, 1.807) is 0 Å². The Morgan fingerprint density at radius 2 is 1.86 bits per heavy atom. The van der Waals surface area contributed by atoms with Crippen LogP contribution in [0, 0.1) is 5.41 Å². The van der Waals surface area contributed by atoms with Crippen LogP contribution in [0.25, 0.3) is 0 Å². The maximum absolute atomic E-state index is 3.59. The van der Waals surface area contributed by atoms with Crippen LogP contribution in [0.1, 0.15) is 26.2 Å². The van der Waals surface area contributed by atoms with E-state index in [-0.39, 0.29) is 0 Å². The summed E-state index contributed by atoms with van der Waals surface area (Å²) in [5, 5.41) is 3.59. The van der Waals surface area contributed by atoms with E-state index >= 15 is 0 Å². The maximum Gasteiger partial charge on any atom is 0.0367 e. The zero-order chi connectivity index (χ0) is 14.5. The first-order valence-corrected chi connectivity index (χ1v) is 8.54. The first-order chi connectivity index (χ1) is 10.3. The summed E-state index contributed by atoms with van der Waals surface area (Å²) >= 11 is 0. The third-order valence-corrected chi connectivity index (χ3v) is 5.17. The van der Waals surface area contributed by atoms with Crippen molar-refractivity contribution in [2.45, 2.75) is 26.2 Å². The van der Waals surface area contributed by atoms with Crippen LogP contribution in [0.3, 0.4) is 0 Å². The van der Waals surface area contributed by atoms with Gasteiger partial charge in [-0.15, -0.1) is 0 Å². The first kappa shape index (κ1) is 14.9. The molecule has 0 radical (unpaired) electrons. The lowest BCUT2D eigenvalue weighted by molar-refractivity contribution is 0.146. The van der Waals surface area contributed by atoms with Crippen molar-refractivity contribution in [3.8, 4) is 0 Å². The molecule has 1 atom stereocenters. The summed E-state index contributed by atoms with van der Waals surface area (Å²) in [5.41, 5.74) is 1.92. The van der Waals surface area contributed by atoms with Crippen molar-refractivity contribution in [2.75, 3.05) is 50.7 Å². The van der Waals surface area contributed by atoms with E-state index in [9.17, 15) is 0 Å². The zero-order valence-corrected chi connectivity index (χ0v) is 13.4. The minimum absolute atomic E-state index is 0.545. The van der Waals surface area contributed by atoms with Crippen molar-refractivity contribution >= 4 is 5.69 Å². The van der Waals surface area contributed by atoms with Crippen LogP contribution < -0.4 is 10.2 Å². The number of anilines is 1. The number of para-hydroxylation sites is 1. The molecule has 0 aliphatic carbocycles. The van der Waals surface area contributed by atoms with Gasteiger partial charge in [0.15, 0.2) is 0 Å². The van der Waals surface area contributed by atoms with Gasteiger partial charge < -0.3 is 10.2 Å². The second-order valence-corrected chi connectivity index (χ2v) is 6.78. The van der Waals surface area contributed by atoms with Crippen LogP contribution in [0.15, 0.2) is 30.3 Å². The van der Waals surface area contributed by atoms with Gasteiger partial charge in [0.2, 0.25) is 0 Å². The van der Waals surface area contributed by atoms with Crippen LogP contribution in [0.4, 0.5) is 5.69 Å². The summed E-state index contributed by atoms with van der Waals surface area (Å²) in [5.74, 6) is 0. The average Bonchev–Trinajstić information content (AvgIpc) is 2.98. The molecule has 2 fully saturated rings. The third-order valence-electron chi connectivity index (χ3n) is 5.17. The molecule has 2 aliphatic heterocycles. The van der Waals surface area contributed by atoms with Gasteiger partial charge in [-0.2, -0.15) is 0 Å². The molecule has 0 saturated carbocycles. The summed E-state index contributed by atoms with van der Waals surface area (Å²) in [7, 11) is 0. The Hall–Kier alpha value is -1.06. The lowest BCUT2D eigenvalue weighted by atomic mass is 9.82. The number of nitrogens with one attached hydrogen (secondary N) is 1. The molecular formula is C18H29N3. The van der Waals surface area contributed by atoms with Crippen LogP contribution in [0.5, 0.6) is 0 Å². The van der Waals surface area contributed by atoms with Crippen molar-refractivity contribution in [3.63, 3.8) is 0 Å². The maximum atomic E-state index is 3.59. The van der Waals surface area contributed by atoms with Gasteiger partial charge in [-0.05, 0) is 36.9 Å². The van der Waals surface area contributed by atoms with E-state index in [1.807, 2.05) is 0 Å². The highest BCUT2D eigenvalue weighted by molar-refractivity contribution is 5.46. The molecule has 0 bridgehead atoms. The predicted molar refractivity (Wildman–Crippen MR) is 89.9 cm³/mol. The largest absolute Gasteiger partial charge is 0.369 e. The van der Waals surface area contributed by atoms with Crippen LogP contribution in [0.2, 0.25) is 0 Å². The van der Waals surface area contributed by atoms with Gasteiger partial charge in [0.1, 0.15) is 0 Å². The Morgan fingerprint density at radius 1 is 1.10 bits per heavy atom. The molecule has 3 rings (SSSR count). The minimum Gasteiger partial charge on any atom is -0.369 e. The fourth-order valence-corrected chi connectivity index (χ4v) is 4.03. The molecule has 3 heteroatoms. The number of hydrogen-bond acceptors (Lipinski definition) is 3. The minimum atomic E-state index is 0.545. The van der Waals surface area contributed by atoms with E-state index < -0.39 is 0 Å². The number of rotatable bonds is 5. The lowest BCUT2D eigenvalue weighted by Gasteiger charge is -2.40. The molecule has 116 valence electrons. The molecule has 0 aromatic heterocycles. The predicted octanol–water partition coefficient (Wildman–Crippen LogP) is 2.59. The van der Waals surface area contributed by atoms with E-state index in [2.05, 4.69) is 52.4 Å². The number of nitrogens with zero attached hydrogens (tertiary/aromatic N) is 2. The van der Waals surface area contributed by atoms with Crippen molar-refractivity contribution in [3.05, 3.63) is 30.3 Å². The third kappa shape index (κ3) is 3.58. The van der Waals surface area contributed by atoms with Gasteiger partial charge in [-0.3, -0.25) is 4.90 Å². The Labute approximate surface area is 129 Å². The summed E-state index contributed by atoms with van der Waals surface area (Å²) < 4.78 is 0. The van der Waals surface area contributed by atoms with Crippen molar-refractivity contribution < 1.29 is 0 Å². The molecule has 21 heavy (non-hydrogen) atoms. The van der Waals surface area contributed by atoms with Gasteiger partial charge >= 0.3 is 0 Å². The Balaban J connectivity index is 1.53. The molecule has 0 amide bonds. The summed E-state index contributed by atoms with van der Waals surface area (Å²) in [6, 6.07) is 10.8. The highest BCUT2D eigenvalue weighted by Gasteiger charge is 2.35. The van der Waals surface area contributed by atoms with Crippen LogP contribution >= 0.6 is 0 Å². The normalized spacial score (nSPS) is 27.2. The van der Waals surface area contributed by atoms with Gasteiger partial charge in [0, 0.05) is 45.0 Å².